The fraction of sp³-hybridized carbons (Fsp3) is 1.00. The summed E-state index contributed by atoms with van der Waals surface area (Å²) in [4.78, 5) is 2.43. The number of ether oxygens (including phenoxy) is 2. The fourth-order valence-electron chi connectivity index (χ4n) is 3.22. The van der Waals surface area contributed by atoms with Crippen molar-refractivity contribution in [2.24, 2.45) is 0 Å². The molecule has 0 saturated heterocycles. The molecule has 0 bridgehead atoms. The Kier molecular flexibility index (Phi) is 4.98. The summed E-state index contributed by atoms with van der Waals surface area (Å²) in [6.45, 7) is 6.46. The maximum Gasteiger partial charge on any atom is 0.146 e. The number of hydrogen-bond acceptors (Lipinski definition) is 3. The lowest BCUT2D eigenvalue weighted by Crippen LogP contribution is -2.68. The summed E-state index contributed by atoms with van der Waals surface area (Å²) in [5, 5.41) is -0.0496. The van der Waals surface area contributed by atoms with Gasteiger partial charge in [0.25, 0.3) is 0 Å². The Labute approximate surface area is 103 Å². The summed E-state index contributed by atoms with van der Waals surface area (Å²) >= 11 is 0. The third-order valence-electron chi connectivity index (χ3n) is 4.31. The molecule has 0 amide bonds. The third-order valence-corrected chi connectivity index (χ3v) is 6.00. The average molecular weight is 245 g/mol. The standard InChI is InChI=1S/C12H27NO2Si/c1-5-13(6-2)11(14-3)9-7-8-10-12(11,16)15-4/h5-10H2,1-4,16H3. The molecule has 0 aliphatic heterocycles. The first-order chi connectivity index (χ1) is 7.60. The van der Waals surface area contributed by atoms with Crippen molar-refractivity contribution in [3.63, 3.8) is 0 Å². The highest BCUT2D eigenvalue weighted by atomic mass is 28.1. The van der Waals surface area contributed by atoms with Crippen LogP contribution in [0.2, 0.25) is 0 Å². The van der Waals surface area contributed by atoms with Crippen LogP contribution in [0.5, 0.6) is 0 Å². The normalized spacial score (nSPS) is 35.8. The maximum absolute atomic E-state index is 5.96. The van der Waals surface area contributed by atoms with Gasteiger partial charge in [0, 0.05) is 24.5 Å². The van der Waals surface area contributed by atoms with Crippen LogP contribution in [0.4, 0.5) is 0 Å². The van der Waals surface area contributed by atoms with E-state index in [0.717, 1.165) is 36.2 Å². The highest BCUT2D eigenvalue weighted by molar-refractivity contribution is 6.15. The zero-order valence-electron chi connectivity index (χ0n) is 11.5. The molecule has 1 saturated carbocycles. The van der Waals surface area contributed by atoms with Gasteiger partial charge in [0.1, 0.15) is 5.72 Å². The summed E-state index contributed by atoms with van der Waals surface area (Å²) in [7, 11) is 4.70. The van der Waals surface area contributed by atoms with Crippen molar-refractivity contribution in [2.45, 2.75) is 50.5 Å². The number of rotatable bonds is 5. The number of methoxy groups -OCH3 is 2. The fourth-order valence-corrected chi connectivity index (χ4v) is 4.35. The topological polar surface area (TPSA) is 21.7 Å². The molecule has 1 aliphatic rings. The van der Waals surface area contributed by atoms with Crippen molar-refractivity contribution < 1.29 is 9.47 Å². The van der Waals surface area contributed by atoms with Gasteiger partial charge in [-0.15, -0.1) is 0 Å². The van der Waals surface area contributed by atoms with Gasteiger partial charge < -0.3 is 9.47 Å². The van der Waals surface area contributed by atoms with E-state index in [1.165, 1.54) is 12.8 Å². The molecule has 16 heavy (non-hydrogen) atoms. The van der Waals surface area contributed by atoms with Crippen molar-refractivity contribution in [3.8, 4) is 0 Å². The van der Waals surface area contributed by atoms with E-state index in [9.17, 15) is 0 Å². The SMILES string of the molecule is CCN(CC)C1(OC)CCCCC1([SiH3])OC. The average Bonchev–Trinajstić information content (AvgIpc) is 2.33. The Morgan fingerprint density at radius 2 is 1.62 bits per heavy atom. The highest BCUT2D eigenvalue weighted by Crippen LogP contribution is 2.42. The third kappa shape index (κ3) is 2.08. The van der Waals surface area contributed by atoms with Crippen molar-refractivity contribution in [1.82, 2.24) is 4.90 Å². The van der Waals surface area contributed by atoms with E-state index in [4.69, 9.17) is 9.47 Å². The first kappa shape index (κ1) is 14.2. The van der Waals surface area contributed by atoms with Crippen LogP contribution in [0.3, 0.4) is 0 Å². The molecule has 2 unspecified atom stereocenters. The molecule has 4 heteroatoms. The van der Waals surface area contributed by atoms with Gasteiger partial charge in [0.2, 0.25) is 0 Å². The van der Waals surface area contributed by atoms with Crippen LogP contribution >= 0.6 is 0 Å². The molecule has 0 aromatic heterocycles. The molecule has 1 rings (SSSR count). The van der Waals surface area contributed by atoms with Gasteiger partial charge in [0.15, 0.2) is 0 Å². The Morgan fingerprint density at radius 1 is 1.06 bits per heavy atom. The lowest BCUT2D eigenvalue weighted by molar-refractivity contribution is -0.240. The molecule has 0 aromatic carbocycles. The van der Waals surface area contributed by atoms with E-state index in [1.54, 1.807) is 0 Å². The van der Waals surface area contributed by atoms with Crippen molar-refractivity contribution >= 4 is 10.2 Å². The molecule has 0 aromatic rings. The molecule has 0 N–H and O–H groups in total. The predicted molar refractivity (Wildman–Crippen MR) is 70.8 cm³/mol. The van der Waals surface area contributed by atoms with Crippen LogP contribution in [0.1, 0.15) is 39.5 Å². The van der Waals surface area contributed by atoms with E-state index in [1.807, 2.05) is 14.2 Å². The lowest BCUT2D eigenvalue weighted by atomic mass is 9.86. The quantitative estimate of drug-likeness (QED) is 0.532. The van der Waals surface area contributed by atoms with Gasteiger partial charge in [0.05, 0.1) is 5.22 Å². The summed E-state index contributed by atoms with van der Waals surface area (Å²) < 4.78 is 11.8. The molecule has 96 valence electrons. The van der Waals surface area contributed by atoms with Crippen LogP contribution < -0.4 is 0 Å². The van der Waals surface area contributed by atoms with Gasteiger partial charge in [-0.2, -0.15) is 0 Å². The molecule has 1 aliphatic carbocycles. The smallest absolute Gasteiger partial charge is 0.146 e. The predicted octanol–water partition coefficient (Wildman–Crippen LogP) is 0.953. The summed E-state index contributed by atoms with van der Waals surface area (Å²) in [5.41, 5.74) is -0.185. The molecule has 0 spiro atoms. The Morgan fingerprint density at radius 3 is 2.06 bits per heavy atom. The monoisotopic (exact) mass is 245 g/mol. The minimum Gasteiger partial charge on any atom is -0.378 e. The Balaban J connectivity index is 3.05. The summed E-state index contributed by atoms with van der Waals surface area (Å²) in [6, 6.07) is 0. The van der Waals surface area contributed by atoms with Crippen LogP contribution in [0.15, 0.2) is 0 Å². The second kappa shape index (κ2) is 5.62. The molecule has 0 radical (unpaired) electrons. The molecular weight excluding hydrogens is 218 g/mol. The van der Waals surface area contributed by atoms with Crippen LogP contribution in [0, 0.1) is 0 Å². The molecule has 0 heterocycles. The number of hydrogen-bond donors (Lipinski definition) is 0. The highest BCUT2D eigenvalue weighted by Gasteiger charge is 2.53. The molecule has 2 atom stereocenters. The van der Waals surface area contributed by atoms with Crippen LogP contribution in [-0.2, 0) is 9.47 Å². The van der Waals surface area contributed by atoms with Crippen molar-refractivity contribution in [2.75, 3.05) is 27.3 Å². The Hall–Kier alpha value is 0.0969. The molecule has 3 nitrogen and oxygen atoms in total. The number of likely N-dealkylation sites (N-methyl/N-ethyl adjacent to an activating group) is 1. The number of nitrogens with zero attached hydrogens (tertiary/aromatic N) is 1. The van der Waals surface area contributed by atoms with Gasteiger partial charge in [-0.25, -0.2) is 0 Å². The first-order valence-electron chi connectivity index (χ1n) is 6.45. The van der Waals surface area contributed by atoms with Gasteiger partial charge in [-0.3, -0.25) is 4.90 Å². The summed E-state index contributed by atoms with van der Waals surface area (Å²) in [5.74, 6) is 0. The lowest BCUT2D eigenvalue weighted by Gasteiger charge is -2.55. The second-order valence-corrected chi connectivity index (χ2v) is 6.42. The van der Waals surface area contributed by atoms with Crippen molar-refractivity contribution in [3.05, 3.63) is 0 Å². The zero-order chi connectivity index (χ0) is 12.2. The Bertz CT molecular complexity index is 223. The van der Waals surface area contributed by atoms with Gasteiger partial charge >= 0.3 is 0 Å². The van der Waals surface area contributed by atoms with Gasteiger partial charge in [-0.1, -0.05) is 20.3 Å². The van der Waals surface area contributed by atoms with Crippen molar-refractivity contribution in [1.29, 1.82) is 0 Å². The second-order valence-electron chi connectivity index (χ2n) is 4.80. The minimum absolute atomic E-state index is 0.0496. The zero-order valence-corrected chi connectivity index (χ0v) is 13.5. The van der Waals surface area contributed by atoms with E-state index in [-0.39, 0.29) is 10.9 Å². The van der Waals surface area contributed by atoms with Crippen LogP contribution in [-0.4, -0.2) is 53.4 Å². The molecule has 1 fully saturated rings. The van der Waals surface area contributed by atoms with E-state index >= 15 is 0 Å². The van der Waals surface area contributed by atoms with Gasteiger partial charge in [-0.05, 0) is 32.4 Å². The molecular formula is C12H27NO2Si. The van der Waals surface area contributed by atoms with E-state index in [2.05, 4.69) is 18.7 Å². The van der Waals surface area contributed by atoms with E-state index < -0.39 is 0 Å². The first-order valence-corrected chi connectivity index (χ1v) is 7.45. The largest absolute Gasteiger partial charge is 0.378 e. The minimum atomic E-state index is -0.185. The van der Waals surface area contributed by atoms with E-state index in [0.29, 0.717) is 0 Å². The van der Waals surface area contributed by atoms with Crippen LogP contribution in [0.25, 0.3) is 0 Å². The maximum atomic E-state index is 5.96. The summed E-state index contributed by atoms with van der Waals surface area (Å²) in [6.07, 6.45) is 4.75.